The predicted octanol–water partition coefficient (Wildman–Crippen LogP) is 6.05. The van der Waals surface area contributed by atoms with E-state index in [0.29, 0.717) is 17.1 Å². The van der Waals surface area contributed by atoms with Gasteiger partial charge in [0.05, 0.1) is 13.5 Å². The van der Waals surface area contributed by atoms with E-state index >= 15 is 0 Å². The molecular weight excluding hydrogens is 496 g/mol. The van der Waals surface area contributed by atoms with Gasteiger partial charge in [-0.1, -0.05) is 73.8 Å². The van der Waals surface area contributed by atoms with E-state index in [1.165, 1.54) is 7.11 Å². The number of hydrogen-bond acceptors (Lipinski definition) is 7. The molecule has 0 unspecified atom stereocenters. The molecule has 3 rings (SSSR count). The number of benzene rings is 3. The Morgan fingerprint density at radius 3 is 1.77 bits per heavy atom. The molecule has 0 aliphatic rings. The summed E-state index contributed by atoms with van der Waals surface area (Å²) in [6, 6.07) is 22.8. The van der Waals surface area contributed by atoms with Crippen LogP contribution in [-0.2, 0) is 23.9 Å². The van der Waals surface area contributed by atoms with Crippen LogP contribution in [0.2, 0.25) is 0 Å². The molecule has 0 N–H and O–H groups in total. The molecule has 0 amide bonds. The van der Waals surface area contributed by atoms with Crippen LogP contribution < -0.4 is 9.47 Å². The van der Waals surface area contributed by atoms with Gasteiger partial charge in [-0.15, -0.1) is 0 Å². The summed E-state index contributed by atoms with van der Waals surface area (Å²) in [5.74, 6) is -0.602. The summed E-state index contributed by atoms with van der Waals surface area (Å²) in [5.41, 5.74) is 4.45. The first kappa shape index (κ1) is 28.7. The number of methoxy groups -OCH3 is 1. The third-order valence-corrected chi connectivity index (χ3v) is 5.46. The van der Waals surface area contributed by atoms with Gasteiger partial charge >= 0.3 is 17.9 Å². The number of carbonyl (C=O) groups excluding carboxylic acids is 3. The lowest BCUT2D eigenvalue weighted by atomic mass is 10.0. The molecule has 0 aromatic heterocycles. The highest BCUT2D eigenvalue weighted by Gasteiger charge is 2.14. The largest absolute Gasteiger partial charge is 0.490 e. The van der Waals surface area contributed by atoms with Crippen LogP contribution in [0.15, 0.2) is 97.1 Å². The second-order valence-corrected chi connectivity index (χ2v) is 8.56. The van der Waals surface area contributed by atoms with Crippen molar-refractivity contribution < 1.29 is 33.3 Å². The van der Waals surface area contributed by atoms with Gasteiger partial charge in [0.25, 0.3) is 0 Å². The molecule has 0 atom stereocenters. The number of hydrogen-bond donors (Lipinski definition) is 0. The first-order valence-electron chi connectivity index (χ1n) is 12.2. The highest BCUT2D eigenvalue weighted by Crippen LogP contribution is 2.24. The molecule has 200 valence electrons. The quantitative estimate of drug-likeness (QED) is 0.0934. The van der Waals surface area contributed by atoms with Gasteiger partial charge in [-0.05, 0) is 53.4 Å². The maximum atomic E-state index is 12.0. The van der Waals surface area contributed by atoms with E-state index in [2.05, 4.69) is 17.9 Å². The zero-order chi connectivity index (χ0) is 28.2. The molecule has 0 radical (unpaired) electrons. The second kappa shape index (κ2) is 14.1. The zero-order valence-corrected chi connectivity index (χ0v) is 22.0. The van der Waals surface area contributed by atoms with E-state index in [1.54, 1.807) is 19.1 Å². The summed E-state index contributed by atoms with van der Waals surface area (Å²) >= 11 is 0. The smallest absolute Gasteiger partial charge is 0.339 e. The van der Waals surface area contributed by atoms with Gasteiger partial charge in [-0.25, -0.2) is 9.59 Å². The Kier molecular flexibility index (Phi) is 10.4. The van der Waals surface area contributed by atoms with Crippen molar-refractivity contribution >= 4 is 30.1 Å². The number of esters is 3. The summed E-state index contributed by atoms with van der Waals surface area (Å²) in [6.07, 6.45) is 3.72. The fourth-order valence-corrected chi connectivity index (χ4v) is 3.28. The van der Waals surface area contributed by atoms with Crippen molar-refractivity contribution in [1.29, 1.82) is 0 Å². The number of carbonyl (C=O) groups is 3. The van der Waals surface area contributed by atoms with Crippen molar-refractivity contribution in [2.24, 2.45) is 0 Å². The molecule has 7 heteroatoms. The monoisotopic (exact) mass is 526 g/mol. The van der Waals surface area contributed by atoms with Crippen molar-refractivity contribution in [2.45, 2.75) is 13.3 Å². The third-order valence-electron chi connectivity index (χ3n) is 5.46. The molecule has 39 heavy (non-hydrogen) atoms. The van der Waals surface area contributed by atoms with Gasteiger partial charge < -0.3 is 18.9 Å². The summed E-state index contributed by atoms with van der Waals surface area (Å²) < 4.78 is 20.4. The number of ether oxygens (including phenoxy) is 4. The fraction of sp³-hybridized carbons (Fsp3) is 0.156. The zero-order valence-electron chi connectivity index (χ0n) is 22.0. The van der Waals surface area contributed by atoms with E-state index < -0.39 is 17.9 Å². The lowest BCUT2D eigenvalue weighted by molar-refractivity contribution is -0.141. The van der Waals surface area contributed by atoms with Crippen LogP contribution in [0.5, 0.6) is 11.5 Å². The Morgan fingerprint density at radius 1 is 0.718 bits per heavy atom. The standard InChI is InChI=1S/C32H30O7/c1-22(2)31(34)38-20-19-37-28-17-13-27(14-18-28)26-11-7-24(8-12-26)5-6-25-9-15-29(16-10-25)39-32(35)23(3)21-30(33)36-4/h5-18H,1,3,19-21H2,2,4H3/b6-5+. The molecular formula is C32H30O7. The lowest BCUT2D eigenvalue weighted by Crippen LogP contribution is -2.14. The summed E-state index contributed by atoms with van der Waals surface area (Å²) in [6.45, 7) is 9.13. The molecule has 0 spiro atoms. The van der Waals surface area contributed by atoms with Crippen LogP contribution in [0.1, 0.15) is 24.5 Å². The number of rotatable bonds is 12. The normalized spacial score (nSPS) is 10.5. The maximum absolute atomic E-state index is 12.0. The average Bonchev–Trinajstić information content (AvgIpc) is 2.95. The molecule has 0 fully saturated rings. The van der Waals surface area contributed by atoms with E-state index in [-0.39, 0.29) is 25.2 Å². The van der Waals surface area contributed by atoms with Crippen molar-refractivity contribution in [1.82, 2.24) is 0 Å². The van der Waals surface area contributed by atoms with E-state index in [9.17, 15) is 14.4 Å². The van der Waals surface area contributed by atoms with Gasteiger partial charge in [-0.3, -0.25) is 4.79 Å². The Bertz CT molecular complexity index is 1350. The lowest BCUT2D eigenvalue weighted by Gasteiger charge is -2.08. The molecule has 0 heterocycles. The average molecular weight is 527 g/mol. The first-order chi connectivity index (χ1) is 18.7. The SMILES string of the molecule is C=C(C)C(=O)OCCOc1ccc(-c2ccc(/C=C/c3ccc(OC(=O)C(=C)CC(=O)OC)cc3)cc2)cc1. The van der Waals surface area contributed by atoms with Gasteiger partial charge in [-0.2, -0.15) is 0 Å². The summed E-state index contributed by atoms with van der Waals surface area (Å²) in [7, 11) is 1.24. The first-order valence-corrected chi connectivity index (χ1v) is 12.2. The second-order valence-electron chi connectivity index (χ2n) is 8.56. The molecule has 3 aromatic rings. The van der Waals surface area contributed by atoms with Gasteiger partial charge in [0.2, 0.25) is 0 Å². The molecule has 0 saturated carbocycles. The molecule has 0 saturated heterocycles. The Balaban J connectivity index is 1.50. The van der Waals surface area contributed by atoms with Crippen LogP contribution in [-0.4, -0.2) is 38.2 Å². The summed E-state index contributed by atoms with van der Waals surface area (Å²) in [4.78, 5) is 34.7. The highest BCUT2D eigenvalue weighted by atomic mass is 16.6. The van der Waals surface area contributed by atoms with Gasteiger partial charge in [0, 0.05) is 11.1 Å². The minimum absolute atomic E-state index is 0.0253. The van der Waals surface area contributed by atoms with Crippen molar-refractivity contribution in [3.05, 3.63) is 108 Å². The Labute approximate surface area is 228 Å². The Morgan fingerprint density at radius 2 is 1.23 bits per heavy atom. The van der Waals surface area contributed by atoms with Crippen molar-refractivity contribution in [3.8, 4) is 22.6 Å². The van der Waals surface area contributed by atoms with Crippen molar-refractivity contribution in [2.75, 3.05) is 20.3 Å². The maximum Gasteiger partial charge on any atom is 0.339 e. The van der Waals surface area contributed by atoms with E-state index in [4.69, 9.17) is 14.2 Å². The van der Waals surface area contributed by atoms with Crippen LogP contribution in [0, 0.1) is 0 Å². The van der Waals surface area contributed by atoms with Gasteiger partial charge in [0.1, 0.15) is 24.7 Å². The highest BCUT2D eigenvalue weighted by molar-refractivity contribution is 5.94. The Hall–Kier alpha value is -4.91. The molecule has 0 aliphatic carbocycles. The van der Waals surface area contributed by atoms with Crippen LogP contribution in [0.4, 0.5) is 0 Å². The van der Waals surface area contributed by atoms with Crippen LogP contribution in [0.25, 0.3) is 23.3 Å². The van der Waals surface area contributed by atoms with E-state index in [0.717, 1.165) is 22.3 Å². The van der Waals surface area contributed by atoms with Crippen LogP contribution in [0.3, 0.4) is 0 Å². The molecule has 7 nitrogen and oxygen atoms in total. The fourth-order valence-electron chi connectivity index (χ4n) is 3.28. The third kappa shape index (κ3) is 9.16. The van der Waals surface area contributed by atoms with E-state index in [1.807, 2.05) is 72.8 Å². The summed E-state index contributed by atoms with van der Waals surface area (Å²) in [5, 5.41) is 0. The molecule has 0 aliphatic heterocycles. The minimum Gasteiger partial charge on any atom is -0.490 e. The van der Waals surface area contributed by atoms with Gasteiger partial charge in [0.15, 0.2) is 0 Å². The van der Waals surface area contributed by atoms with Crippen LogP contribution >= 0.6 is 0 Å². The topological polar surface area (TPSA) is 88.1 Å². The molecule has 0 bridgehead atoms. The predicted molar refractivity (Wildman–Crippen MR) is 150 cm³/mol. The minimum atomic E-state index is -0.674. The molecule has 3 aromatic carbocycles. The van der Waals surface area contributed by atoms with Crippen molar-refractivity contribution in [3.63, 3.8) is 0 Å².